The Morgan fingerprint density at radius 3 is 2.68 bits per heavy atom. The fourth-order valence-electron chi connectivity index (χ4n) is 3.20. The molecule has 1 amide bonds. The zero-order valence-corrected chi connectivity index (χ0v) is 14.4. The average molecular weight is 368 g/mol. The highest BCUT2D eigenvalue weighted by atomic mass is 32.2. The van der Waals surface area contributed by atoms with Crippen LogP contribution in [0.5, 0.6) is 0 Å². The summed E-state index contributed by atoms with van der Waals surface area (Å²) in [5.41, 5.74) is 0. The van der Waals surface area contributed by atoms with Gasteiger partial charge in [-0.3, -0.25) is 4.79 Å². The molecule has 2 heterocycles. The van der Waals surface area contributed by atoms with Gasteiger partial charge in [0.2, 0.25) is 16.8 Å². The lowest BCUT2D eigenvalue weighted by Gasteiger charge is -2.25. The quantitative estimate of drug-likeness (QED) is 0.758. The topological polar surface area (TPSA) is 117 Å². The van der Waals surface area contributed by atoms with Gasteiger partial charge in [0.1, 0.15) is 6.04 Å². The average Bonchev–Trinajstić information content (AvgIpc) is 3.26. The molecule has 25 heavy (non-hydrogen) atoms. The SMILES string of the molecule is O=C(O)c1ccc(S(=O)(=O)N2CCCC2C(=O)NC2CC=CCC2)o1. The highest BCUT2D eigenvalue weighted by Crippen LogP contribution is 2.27. The fourth-order valence-corrected chi connectivity index (χ4v) is 4.77. The first kappa shape index (κ1) is 17.7. The van der Waals surface area contributed by atoms with E-state index in [0.717, 1.165) is 35.7 Å². The number of furan rings is 1. The van der Waals surface area contributed by atoms with Crippen molar-refractivity contribution >= 4 is 21.9 Å². The van der Waals surface area contributed by atoms with Crippen molar-refractivity contribution in [2.75, 3.05) is 6.54 Å². The maximum Gasteiger partial charge on any atom is 0.371 e. The Bertz CT molecular complexity index is 797. The van der Waals surface area contributed by atoms with Gasteiger partial charge in [0, 0.05) is 12.6 Å². The van der Waals surface area contributed by atoms with Crippen LogP contribution in [0.3, 0.4) is 0 Å². The Morgan fingerprint density at radius 2 is 2.04 bits per heavy atom. The first-order chi connectivity index (χ1) is 11.9. The van der Waals surface area contributed by atoms with Crippen LogP contribution in [0.15, 0.2) is 33.8 Å². The number of nitrogens with zero attached hydrogens (tertiary/aromatic N) is 1. The second-order valence-electron chi connectivity index (χ2n) is 6.19. The van der Waals surface area contributed by atoms with Gasteiger partial charge < -0.3 is 14.8 Å². The molecule has 1 aliphatic heterocycles. The van der Waals surface area contributed by atoms with Gasteiger partial charge in [-0.2, -0.15) is 4.31 Å². The largest absolute Gasteiger partial charge is 0.475 e. The van der Waals surface area contributed by atoms with E-state index < -0.39 is 32.9 Å². The molecule has 0 radical (unpaired) electrons. The Morgan fingerprint density at radius 1 is 1.24 bits per heavy atom. The van der Waals surface area contributed by atoms with Gasteiger partial charge in [0.15, 0.2) is 0 Å². The van der Waals surface area contributed by atoms with E-state index in [-0.39, 0.29) is 18.5 Å². The number of rotatable bonds is 5. The monoisotopic (exact) mass is 368 g/mol. The Kier molecular flexibility index (Phi) is 4.96. The maximum absolute atomic E-state index is 12.7. The van der Waals surface area contributed by atoms with Crippen molar-refractivity contribution in [2.45, 2.75) is 49.3 Å². The minimum absolute atomic E-state index is 0.0184. The minimum atomic E-state index is -4.06. The summed E-state index contributed by atoms with van der Waals surface area (Å²) in [6, 6.07) is 1.42. The van der Waals surface area contributed by atoms with Crippen LogP contribution >= 0.6 is 0 Å². The number of aromatic carboxylic acids is 1. The first-order valence-electron chi connectivity index (χ1n) is 8.20. The van der Waals surface area contributed by atoms with Gasteiger partial charge in [-0.1, -0.05) is 12.2 Å². The smallest absolute Gasteiger partial charge is 0.371 e. The van der Waals surface area contributed by atoms with Gasteiger partial charge in [-0.25, -0.2) is 13.2 Å². The van der Waals surface area contributed by atoms with E-state index in [2.05, 4.69) is 11.4 Å². The third-order valence-electron chi connectivity index (χ3n) is 4.48. The molecule has 8 nitrogen and oxygen atoms in total. The molecular weight excluding hydrogens is 348 g/mol. The molecular formula is C16H20N2O6S. The van der Waals surface area contributed by atoms with Gasteiger partial charge in [0.05, 0.1) is 0 Å². The Balaban J connectivity index is 1.76. The molecule has 0 saturated carbocycles. The number of nitrogens with one attached hydrogen (secondary N) is 1. The van der Waals surface area contributed by atoms with E-state index in [1.807, 2.05) is 6.08 Å². The number of sulfonamides is 1. The summed E-state index contributed by atoms with van der Waals surface area (Å²) in [6.45, 7) is 0.202. The molecule has 1 aromatic rings. The number of carbonyl (C=O) groups is 2. The zero-order valence-electron chi connectivity index (χ0n) is 13.6. The summed E-state index contributed by atoms with van der Waals surface area (Å²) in [5, 5.41) is 11.3. The molecule has 0 aromatic carbocycles. The third kappa shape index (κ3) is 3.62. The summed E-state index contributed by atoms with van der Waals surface area (Å²) < 4.78 is 31.5. The molecule has 3 rings (SSSR count). The van der Waals surface area contributed by atoms with Crippen molar-refractivity contribution in [1.29, 1.82) is 0 Å². The summed E-state index contributed by atoms with van der Waals surface area (Å²) in [4.78, 5) is 23.4. The third-order valence-corrected chi connectivity index (χ3v) is 6.26. The van der Waals surface area contributed by atoms with Crippen LogP contribution in [0.4, 0.5) is 0 Å². The lowest BCUT2D eigenvalue weighted by Crippen LogP contribution is -2.48. The summed E-state index contributed by atoms with van der Waals surface area (Å²) in [5.74, 6) is -2.11. The van der Waals surface area contributed by atoms with Crippen LogP contribution in [-0.2, 0) is 14.8 Å². The minimum Gasteiger partial charge on any atom is -0.475 e. The van der Waals surface area contributed by atoms with Crippen molar-refractivity contribution in [3.05, 3.63) is 30.0 Å². The first-order valence-corrected chi connectivity index (χ1v) is 9.64. The van der Waals surface area contributed by atoms with Crippen molar-refractivity contribution in [2.24, 2.45) is 0 Å². The van der Waals surface area contributed by atoms with E-state index in [1.54, 1.807) is 0 Å². The van der Waals surface area contributed by atoms with Crippen molar-refractivity contribution in [1.82, 2.24) is 9.62 Å². The number of allylic oxidation sites excluding steroid dienone is 1. The Hall–Kier alpha value is -2.13. The van der Waals surface area contributed by atoms with Crippen LogP contribution in [0.25, 0.3) is 0 Å². The van der Waals surface area contributed by atoms with Crippen LogP contribution in [0.2, 0.25) is 0 Å². The molecule has 1 aromatic heterocycles. The van der Waals surface area contributed by atoms with Gasteiger partial charge in [-0.05, 0) is 44.2 Å². The zero-order chi connectivity index (χ0) is 18.0. The van der Waals surface area contributed by atoms with Crippen LogP contribution < -0.4 is 5.32 Å². The van der Waals surface area contributed by atoms with Crippen LogP contribution in [0, 0.1) is 0 Å². The highest BCUT2D eigenvalue weighted by Gasteiger charge is 2.41. The maximum atomic E-state index is 12.7. The molecule has 1 saturated heterocycles. The van der Waals surface area contributed by atoms with E-state index in [4.69, 9.17) is 9.52 Å². The van der Waals surface area contributed by atoms with Gasteiger partial charge >= 0.3 is 5.97 Å². The molecule has 2 N–H and O–H groups in total. The summed E-state index contributed by atoms with van der Waals surface area (Å²) in [7, 11) is -4.06. The second-order valence-corrected chi connectivity index (χ2v) is 8.01. The fraction of sp³-hybridized carbons (Fsp3) is 0.500. The summed E-state index contributed by atoms with van der Waals surface area (Å²) in [6.07, 6.45) is 7.53. The van der Waals surface area contributed by atoms with Crippen molar-refractivity contribution in [3.63, 3.8) is 0 Å². The number of amides is 1. The lowest BCUT2D eigenvalue weighted by molar-refractivity contribution is -0.125. The number of hydrogen-bond donors (Lipinski definition) is 2. The normalized spacial score (nSPS) is 24.3. The lowest BCUT2D eigenvalue weighted by atomic mass is 10.0. The van der Waals surface area contributed by atoms with Gasteiger partial charge in [0.25, 0.3) is 10.0 Å². The van der Waals surface area contributed by atoms with Crippen molar-refractivity contribution in [3.8, 4) is 0 Å². The van der Waals surface area contributed by atoms with Gasteiger partial charge in [-0.15, -0.1) is 0 Å². The number of carboxylic acids is 1. The molecule has 0 spiro atoms. The van der Waals surface area contributed by atoms with E-state index in [9.17, 15) is 18.0 Å². The highest BCUT2D eigenvalue weighted by molar-refractivity contribution is 7.89. The molecule has 9 heteroatoms. The standard InChI is InChI=1S/C16H20N2O6S/c19-15(17-11-5-2-1-3-6-11)12-7-4-10-18(12)25(22,23)14-9-8-13(24-14)16(20)21/h1-2,8-9,11-12H,3-7,10H2,(H,17,19)(H,20,21). The van der Waals surface area contributed by atoms with Crippen LogP contribution in [-0.4, -0.2) is 48.3 Å². The number of carboxylic acid groups (broad SMARTS) is 1. The van der Waals surface area contributed by atoms with E-state index in [0.29, 0.717) is 12.8 Å². The molecule has 1 fully saturated rings. The van der Waals surface area contributed by atoms with E-state index in [1.165, 1.54) is 0 Å². The van der Waals surface area contributed by atoms with Crippen LogP contribution in [0.1, 0.15) is 42.7 Å². The van der Waals surface area contributed by atoms with E-state index >= 15 is 0 Å². The predicted molar refractivity (Wildman–Crippen MR) is 87.5 cm³/mol. The molecule has 2 aliphatic rings. The molecule has 0 bridgehead atoms. The molecule has 2 atom stereocenters. The second kappa shape index (κ2) is 7.01. The number of carbonyl (C=O) groups excluding carboxylic acids is 1. The van der Waals surface area contributed by atoms with Crippen molar-refractivity contribution < 1.29 is 27.5 Å². The molecule has 2 unspecified atom stereocenters. The summed E-state index contributed by atoms with van der Waals surface area (Å²) >= 11 is 0. The Labute approximate surface area is 145 Å². The molecule has 1 aliphatic carbocycles. The predicted octanol–water partition coefficient (Wildman–Crippen LogP) is 1.36. The molecule has 136 valence electrons. The number of hydrogen-bond acceptors (Lipinski definition) is 5.